The molecule has 2 saturated heterocycles. The Labute approximate surface area is 241 Å². The highest BCUT2D eigenvalue weighted by molar-refractivity contribution is 5.74. The van der Waals surface area contributed by atoms with Crippen LogP contribution in [0.1, 0.15) is 55.1 Å². The van der Waals surface area contributed by atoms with Crippen molar-refractivity contribution in [3.05, 3.63) is 77.2 Å². The van der Waals surface area contributed by atoms with Crippen molar-refractivity contribution >= 4 is 11.4 Å². The number of imidazole rings is 1. The number of aromatic nitrogens is 5. The van der Waals surface area contributed by atoms with Crippen molar-refractivity contribution in [2.24, 2.45) is 18.9 Å². The summed E-state index contributed by atoms with van der Waals surface area (Å²) in [5.74, 6) is 1.20. The van der Waals surface area contributed by atoms with Crippen molar-refractivity contribution in [3.63, 3.8) is 0 Å². The van der Waals surface area contributed by atoms with Gasteiger partial charge in [-0.1, -0.05) is 19.1 Å². The highest BCUT2D eigenvalue weighted by atomic mass is 19.4. The van der Waals surface area contributed by atoms with Crippen LogP contribution in [0.4, 0.5) is 13.2 Å². The number of hydrogen-bond acceptors (Lipinski definition) is 5. The van der Waals surface area contributed by atoms with Gasteiger partial charge in [0.05, 0.1) is 17.0 Å². The molecule has 1 N–H and O–H groups in total. The van der Waals surface area contributed by atoms with Gasteiger partial charge in [0.2, 0.25) is 11.5 Å². The number of rotatable bonds is 6. The van der Waals surface area contributed by atoms with Crippen LogP contribution in [0.5, 0.6) is 0 Å². The average molecular weight is 581 g/mol. The molecule has 1 aromatic carbocycles. The number of benzene rings is 1. The molecule has 6 rings (SSSR count). The molecule has 42 heavy (non-hydrogen) atoms. The Balaban J connectivity index is 1.40. The second-order valence-electron chi connectivity index (χ2n) is 11.9. The Kier molecular flexibility index (Phi) is 7.20. The molecule has 5 heterocycles. The van der Waals surface area contributed by atoms with E-state index in [0.717, 1.165) is 37.3 Å². The van der Waals surface area contributed by atoms with Crippen LogP contribution in [0.3, 0.4) is 0 Å². The van der Waals surface area contributed by atoms with Gasteiger partial charge in [0.1, 0.15) is 12.2 Å². The quantitative estimate of drug-likeness (QED) is 0.371. The van der Waals surface area contributed by atoms with Crippen molar-refractivity contribution in [2.45, 2.75) is 45.3 Å². The summed E-state index contributed by atoms with van der Waals surface area (Å²) in [6, 6.07) is 8.73. The lowest BCUT2D eigenvalue weighted by atomic mass is 9.80. The van der Waals surface area contributed by atoms with Gasteiger partial charge in [0, 0.05) is 64.1 Å². The Bertz CT molecular complexity index is 1680. The van der Waals surface area contributed by atoms with Crippen molar-refractivity contribution in [1.82, 2.24) is 33.5 Å². The summed E-state index contributed by atoms with van der Waals surface area (Å²) < 4.78 is 47.7. The maximum atomic E-state index is 14.3. The van der Waals surface area contributed by atoms with Crippen LogP contribution >= 0.6 is 0 Å². The highest BCUT2D eigenvalue weighted by Gasteiger charge is 2.39. The standard InChI is InChI=1S/C30H35F3N8O/c1-19-6-5-9-38(12-19)13-21-10-25(30(31,32)33)26-17-40(29(34)41(26)14-21)24-8-4-7-22(11-24)27(28-36-35-18-37(28)3)23-15-39(16-23)20(2)42/h4,7-8,10-11,14,17-19,23,27,34H,5-6,9,12-13,15-16H2,1-3H3/t19-,27-/m0/s1. The topological polar surface area (TPSA) is 87.4 Å². The number of amides is 1. The number of carbonyl (C=O) groups excluding carboxylic acids is 1. The van der Waals surface area contributed by atoms with Gasteiger partial charge in [-0.2, -0.15) is 13.2 Å². The number of hydrogen-bond donors (Lipinski definition) is 1. The molecule has 2 atom stereocenters. The first-order chi connectivity index (χ1) is 20.0. The number of likely N-dealkylation sites (tertiary alicyclic amines) is 2. The fourth-order valence-electron chi connectivity index (χ4n) is 6.52. The number of piperidine rings is 1. The summed E-state index contributed by atoms with van der Waals surface area (Å²) >= 11 is 0. The summed E-state index contributed by atoms with van der Waals surface area (Å²) in [4.78, 5) is 15.8. The van der Waals surface area contributed by atoms with E-state index < -0.39 is 11.7 Å². The molecular weight excluding hydrogens is 545 g/mol. The third-order valence-electron chi connectivity index (χ3n) is 8.68. The molecule has 0 aliphatic carbocycles. The predicted molar refractivity (Wildman–Crippen MR) is 150 cm³/mol. The van der Waals surface area contributed by atoms with E-state index in [1.165, 1.54) is 21.2 Å². The van der Waals surface area contributed by atoms with Crippen LogP contribution < -0.4 is 5.62 Å². The molecule has 0 unspecified atom stereocenters. The lowest BCUT2D eigenvalue weighted by Crippen LogP contribution is -2.51. The van der Waals surface area contributed by atoms with Gasteiger partial charge in [0.15, 0.2) is 0 Å². The molecule has 2 fully saturated rings. The van der Waals surface area contributed by atoms with Crippen molar-refractivity contribution in [1.29, 1.82) is 5.41 Å². The molecule has 9 nitrogen and oxygen atoms in total. The summed E-state index contributed by atoms with van der Waals surface area (Å²) in [5.41, 5.74) is 1.14. The smallest absolute Gasteiger partial charge is 0.342 e. The van der Waals surface area contributed by atoms with Crippen LogP contribution in [0.2, 0.25) is 0 Å². The lowest BCUT2D eigenvalue weighted by Gasteiger charge is -2.42. The van der Waals surface area contributed by atoms with Crippen LogP contribution in [0.25, 0.3) is 11.2 Å². The monoisotopic (exact) mass is 580 g/mol. The molecule has 12 heteroatoms. The maximum absolute atomic E-state index is 14.3. The maximum Gasteiger partial charge on any atom is 0.418 e. The number of fused-ring (bicyclic) bond motifs is 1. The fraction of sp³-hybridized carbons (Fsp3) is 0.467. The number of halogens is 3. The number of carbonyl (C=O) groups is 1. The number of nitrogens with one attached hydrogen (secondary N) is 1. The van der Waals surface area contributed by atoms with Gasteiger partial charge in [0.25, 0.3) is 0 Å². The number of pyridine rings is 1. The average Bonchev–Trinajstić information content (AvgIpc) is 3.47. The fourth-order valence-corrected chi connectivity index (χ4v) is 6.52. The highest BCUT2D eigenvalue weighted by Crippen LogP contribution is 2.38. The summed E-state index contributed by atoms with van der Waals surface area (Å²) in [6.07, 6.45) is 2.28. The molecule has 0 spiro atoms. The Morgan fingerprint density at radius 3 is 2.62 bits per heavy atom. The molecule has 222 valence electrons. The summed E-state index contributed by atoms with van der Waals surface area (Å²) in [7, 11) is 1.87. The molecule has 0 radical (unpaired) electrons. The minimum Gasteiger partial charge on any atom is -0.342 e. The normalized spacial score (nSPS) is 19.3. The first kappa shape index (κ1) is 28.2. The molecular formula is C30H35F3N8O. The minimum absolute atomic E-state index is 0.0151. The van der Waals surface area contributed by atoms with E-state index in [0.29, 0.717) is 36.8 Å². The molecule has 0 bridgehead atoms. The zero-order valence-corrected chi connectivity index (χ0v) is 24.0. The molecule has 3 aromatic heterocycles. The molecule has 2 aliphatic heterocycles. The van der Waals surface area contributed by atoms with Gasteiger partial charge in [-0.25, -0.2) is 0 Å². The Morgan fingerprint density at radius 2 is 1.95 bits per heavy atom. The van der Waals surface area contributed by atoms with Gasteiger partial charge >= 0.3 is 6.18 Å². The zero-order chi connectivity index (χ0) is 29.8. The minimum atomic E-state index is -4.57. The van der Waals surface area contributed by atoms with E-state index in [9.17, 15) is 18.0 Å². The number of alkyl halides is 3. The third kappa shape index (κ3) is 5.23. The second kappa shape index (κ2) is 10.7. The van der Waals surface area contributed by atoms with Crippen molar-refractivity contribution in [2.75, 3.05) is 26.2 Å². The predicted octanol–water partition coefficient (Wildman–Crippen LogP) is 4.20. The van der Waals surface area contributed by atoms with E-state index >= 15 is 0 Å². The molecule has 1 amide bonds. The number of nitrogens with zero attached hydrogens (tertiary/aromatic N) is 7. The Hall–Kier alpha value is -3.93. The van der Waals surface area contributed by atoms with Gasteiger partial charge in [-0.3, -0.25) is 24.1 Å². The third-order valence-corrected chi connectivity index (χ3v) is 8.68. The lowest BCUT2D eigenvalue weighted by molar-refractivity contribution is -0.137. The van der Waals surface area contributed by atoms with Crippen LogP contribution in [0, 0.1) is 17.2 Å². The first-order valence-corrected chi connectivity index (χ1v) is 14.3. The summed E-state index contributed by atoms with van der Waals surface area (Å²) in [5, 5.41) is 17.3. The van der Waals surface area contributed by atoms with Gasteiger partial charge in [-0.15, -0.1) is 10.2 Å². The molecule has 2 aliphatic rings. The number of aryl methyl sites for hydroxylation is 1. The van der Waals surface area contributed by atoms with Crippen LogP contribution in [-0.2, 0) is 24.6 Å². The van der Waals surface area contributed by atoms with E-state index in [1.54, 1.807) is 30.4 Å². The first-order valence-electron chi connectivity index (χ1n) is 14.3. The van der Waals surface area contributed by atoms with E-state index in [2.05, 4.69) is 22.0 Å². The van der Waals surface area contributed by atoms with Crippen LogP contribution in [0.15, 0.2) is 49.1 Å². The van der Waals surface area contributed by atoms with E-state index in [1.807, 2.05) is 29.8 Å². The second-order valence-corrected chi connectivity index (χ2v) is 11.9. The van der Waals surface area contributed by atoms with Crippen molar-refractivity contribution < 1.29 is 18.0 Å². The Morgan fingerprint density at radius 1 is 1.17 bits per heavy atom. The zero-order valence-electron chi connectivity index (χ0n) is 24.0. The largest absolute Gasteiger partial charge is 0.418 e. The van der Waals surface area contributed by atoms with E-state index in [-0.39, 0.29) is 28.9 Å². The SMILES string of the molecule is CC(=O)N1CC([C@H](c2cccc(-n3cc4c(C(F)(F)F)cc(CN5CCC[C@H](C)C5)cn4c3=N)c2)c2nncn2C)C1. The van der Waals surface area contributed by atoms with Crippen LogP contribution in [-0.4, -0.2) is 65.6 Å². The van der Waals surface area contributed by atoms with Gasteiger partial charge in [-0.05, 0) is 54.6 Å². The molecule has 0 saturated carbocycles. The van der Waals surface area contributed by atoms with Crippen molar-refractivity contribution in [3.8, 4) is 5.69 Å². The van der Waals surface area contributed by atoms with E-state index in [4.69, 9.17) is 5.41 Å². The summed E-state index contributed by atoms with van der Waals surface area (Å²) in [6.45, 7) is 6.99. The molecule has 4 aromatic rings. The van der Waals surface area contributed by atoms with Gasteiger partial charge < -0.3 is 9.47 Å².